The van der Waals surface area contributed by atoms with Gasteiger partial charge < -0.3 is 0 Å². The molecule has 0 aliphatic rings. The van der Waals surface area contributed by atoms with Crippen LogP contribution in [0.15, 0.2) is 24.3 Å². The third-order valence-corrected chi connectivity index (χ3v) is 4.06. The maximum atomic E-state index is 4.55. The first-order valence-electron chi connectivity index (χ1n) is 4.38. The second kappa shape index (κ2) is 3.60. The molecule has 0 saturated carbocycles. The zero-order valence-electron chi connectivity index (χ0n) is 7.45. The Balaban J connectivity index is 2.49. The van der Waals surface area contributed by atoms with Gasteiger partial charge in [-0.25, -0.2) is 4.98 Å². The van der Waals surface area contributed by atoms with Crippen LogP contribution in [0.1, 0.15) is 23.9 Å². The summed E-state index contributed by atoms with van der Waals surface area (Å²) in [6, 6.07) is 8.26. The Kier molecular flexibility index (Phi) is 2.46. The van der Waals surface area contributed by atoms with Crippen molar-refractivity contribution in [3.8, 4) is 0 Å². The van der Waals surface area contributed by atoms with E-state index in [4.69, 9.17) is 0 Å². The van der Waals surface area contributed by atoms with Crippen LogP contribution in [0.3, 0.4) is 0 Å². The highest BCUT2D eigenvalue weighted by atomic mass is 32.1. The van der Waals surface area contributed by atoms with Crippen LogP contribution in [0.4, 0.5) is 0 Å². The van der Waals surface area contributed by atoms with Crippen LogP contribution >= 0.6 is 11.3 Å². The number of fused-ring (bicyclic) bond motifs is 1. The fraction of sp³-hybridized carbons (Fsp3) is 0.300. The zero-order chi connectivity index (χ0) is 9.26. The van der Waals surface area contributed by atoms with Gasteiger partial charge in [-0.05, 0) is 17.7 Å². The van der Waals surface area contributed by atoms with Gasteiger partial charge in [-0.3, -0.25) is 0 Å². The largest absolute Gasteiger partial charge is 0.241 e. The average Bonchev–Trinajstić information content (AvgIpc) is 2.59. The Morgan fingerprint density at radius 3 is 2.92 bits per heavy atom. The molecular formula is C10H10NSSi. The van der Waals surface area contributed by atoms with E-state index in [0.29, 0.717) is 5.54 Å². The SMILES string of the molecule is CCC([Si])c1nc2ccccc2s1. The first-order chi connectivity index (χ1) is 6.31. The Morgan fingerprint density at radius 1 is 1.46 bits per heavy atom. The van der Waals surface area contributed by atoms with Crippen molar-refractivity contribution in [2.75, 3.05) is 0 Å². The minimum atomic E-state index is 0.400. The molecule has 3 heteroatoms. The molecule has 0 N–H and O–H groups in total. The van der Waals surface area contributed by atoms with E-state index >= 15 is 0 Å². The van der Waals surface area contributed by atoms with Crippen molar-refractivity contribution in [1.82, 2.24) is 4.98 Å². The molecule has 1 heterocycles. The molecule has 1 atom stereocenters. The normalized spacial score (nSPS) is 13.4. The highest BCUT2D eigenvalue weighted by Crippen LogP contribution is 2.27. The van der Waals surface area contributed by atoms with Crippen LogP contribution in [0, 0.1) is 0 Å². The first kappa shape index (κ1) is 8.90. The summed E-state index contributed by atoms with van der Waals surface area (Å²) >= 11 is 1.77. The lowest BCUT2D eigenvalue weighted by atomic mass is 10.3. The maximum absolute atomic E-state index is 4.55. The predicted octanol–water partition coefficient (Wildman–Crippen LogP) is 2.92. The summed E-state index contributed by atoms with van der Waals surface area (Å²) in [5, 5.41) is 1.18. The van der Waals surface area contributed by atoms with Gasteiger partial charge in [0, 0.05) is 10.2 Å². The molecule has 2 rings (SSSR count). The maximum Gasteiger partial charge on any atom is 0.0934 e. The number of nitrogens with zero attached hydrogens (tertiary/aromatic N) is 1. The molecule has 0 aliphatic carbocycles. The van der Waals surface area contributed by atoms with Crippen molar-refractivity contribution in [2.45, 2.75) is 18.9 Å². The van der Waals surface area contributed by atoms with E-state index in [1.807, 2.05) is 6.07 Å². The van der Waals surface area contributed by atoms with Gasteiger partial charge in [0.2, 0.25) is 0 Å². The molecule has 1 aromatic carbocycles. The number of thiazole rings is 1. The van der Waals surface area contributed by atoms with Crippen molar-refractivity contribution >= 4 is 31.8 Å². The number of rotatable bonds is 2. The van der Waals surface area contributed by atoms with Crippen LogP contribution in [0.5, 0.6) is 0 Å². The molecule has 65 valence electrons. The fourth-order valence-electron chi connectivity index (χ4n) is 1.21. The zero-order valence-corrected chi connectivity index (χ0v) is 9.27. The Labute approximate surface area is 85.2 Å². The summed E-state index contributed by atoms with van der Waals surface area (Å²) < 4.78 is 1.27. The number of benzene rings is 1. The summed E-state index contributed by atoms with van der Waals surface area (Å²) in [6.45, 7) is 2.16. The minimum absolute atomic E-state index is 0.400. The van der Waals surface area contributed by atoms with E-state index in [1.165, 1.54) is 9.71 Å². The fourth-order valence-corrected chi connectivity index (χ4v) is 2.50. The lowest BCUT2D eigenvalue weighted by molar-refractivity contribution is 0.874. The summed E-state index contributed by atoms with van der Waals surface area (Å²) in [5.41, 5.74) is 1.51. The van der Waals surface area contributed by atoms with E-state index in [-0.39, 0.29) is 0 Å². The van der Waals surface area contributed by atoms with Crippen molar-refractivity contribution < 1.29 is 0 Å². The number of para-hydroxylation sites is 1. The van der Waals surface area contributed by atoms with E-state index < -0.39 is 0 Å². The van der Waals surface area contributed by atoms with Crippen molar-refractivity contribution in [2.24, 2.45) is 0 Å². The second-order valence-corrected chi connectivity index (χ2v) is 4.74. The molecule has 0 saturated heterocycles. The highest BCUT2D eigenvalue weighted by Gasteiger charge is 2.08. The summed E-state index contributed by atoms with van der Waals surface area (Å²) in [4.78, 5) is 4.55. The Hall–Kier alpha value is -0.673. The van der Waals surface area contributed by atoms with Gasteiger partial charge in [0.05, 0.1) is 15.2 Å². The van der Waals surface area contributed by atoms with Crippen molar-refractivity contribution in [3.63, 3.8) is 0 Å². The van der Waals surface area contributed by atoms with E-state index in [0.717, 1.165) is 11.9 Å². The van der Waals surface area contributed by atoms with Gasteiger partial charge in [-0.15, -0.1) is 11.3 Å². The van der Waals surface area contributed by atoms with Crippen LogP contribution in [-0.2, 0) is 0 Å². The molecule has 13 heavy (non-hydrogen) atoms. The number of hydrogen-bond acceptors (Lipinski definition) is 2. The number of hydrogen-bond donors (Lipinski definition) is 0. The second-order valence-electron chi connectivity index (χ2n) is 2.98. The number of aromatic nitrogens is 1. The van der Waals surface area contributed by atoms with Gasteiger partial charge in [-0.2, -0.15) is 0 Å². The quantitative estimate of drug-likeness (QED) is 0.685. The summed E-state index contributed by atoms with van der Waals surface area (Å²) in [5.74, 6) is 0. The smallest absolute Gasteiger partial charge is 0.0934 e. The Bertz CT molecular complexity index is 377. The van der Waals surface area contributed by atoms with Gasteiger partial charge in [0.15, 0.2) is 0 Å². The molecule has 2 aromatic rings. The molecule has 0 fully saturated rings. The average molecular weight is 204 g/mol. The lowest BCUT2D eigenvalue weighted by Gasteiger charge is -2.00. The molecule has 0 bridgehead atoms. The van der Waals surface area contributed by atoms with Crippen LogP contribution < -0.4 is 0 Å². The predicted molar refractivity (Wildman–Crippen MR) is 58.4 cm³/mol. The van der Waals surface area contributed by atoms with Gasteiger partial charge in [0.25, 0.3) is 0 Å². The molecule has 1 aromatic heterocycles. The van der Waals surface area contributed by atoms with Crippen LogP contribution in [0.25, 0.3) is 10.2 Å². The molecule has 0 spiro atoms. The van der Waals surface area contributed by atoms with Gasteiger partial charge in [0.1, 0.15) is 0 Å². The van der Waals surface area contributed by atoms with Crippen LogP contribution in [-0.4, -0.2) is 15.2 Å². The first-order valence-corrected chi connectivity index (χ1v) is 5.77. The van der Waals surface area contributed by atoms with E-state index in [1.54, 1.807) is 11.3 Å². The van der Waals surface area contributed by atoms with Crippen molar-refractivity contribution in [1.29, 1.82) is 0 Å². The molecule has 0 amide bonds. The summed E-state index contributed by atoms with van der Waals surface area (Å²) in [6.07, 6.45) is 1.08. The van der Waals surface area contributed by atoms with Crippen LogP contribution in [0.2, 0.25) is 0 Å². The standard InChI is InChI=1S/C10H10NSSi/c1-2-9(13)10-11-7-5-3-4-6-8(7)12-10/h3-6,9H,2H2,1H3. The Morgan fingerprint density at radius 2 is 2.23 bits per heavy atom. The van der Waals surface area contributed by atoms with Gasteiger partial charge >= 0.3 is 0 Å². The van der Waals surface area contributed by atoms with E-state index in [2.05, 4.69) is 40.3 Å². The third-order valence-electron chi connectivity index (χ3n) is 2.02. The van der Waals surface area contributed by atoms with Gasteiger partial charge in [-0.1, -0.05) is 25.5 Å². The lowest BCUT2D eigenvalue weighted by Crippen LogP contribution is -1.93. The molecule has 0 aliphatic heterocycles. The highest BCUT2D eigenvalue weighted by molar-refractivity contribution is 7.18. The monoisotopic (exact) mass is 204 g/mol. The topological polar surface area (TPSA) is 12.9 Å². The molecule has 1 nitrogen and oxygen atoms in total. The third kappa shape index (κ3) is 1.66. The molecular weight excluding hydrogens is 194 g/mol. The van der Waals surface area contributed by atoms with Crippen molar-refractivity contribution in [3.05, 3.63) is 29.3 Å². The molecule has 3 radical (unpaired) electrons. The summed E-state index contributed by atoms with van der Waals surface area (Å²) in [7, 11) is 3.66. The minimum Gasteiger partial charge on any atom is -0.241 e. The van der Waals surface area contributed by atoms with E-state index in [9.17, 15) is 0 Å². The molecule has 1 unspecified atom stereocenters.